The summed E-state index contributed by atoms with van der Waals surface area (Å²) in [6.07, 6.45) is 3.48. The van der Waals surface area contributed by atoms with Crippen molar-refractivity contribution in [2.45, 2.75) is 31.6 Å². The summed E-state index contributed by atoms with van der Waals surface area (Å²) in [7, 11) is 0. The molecule has 1 aromatic rings. The second-order valence-corrected chi connectivity index (χ2v) is 5.62. The van der Waals surface area contributed by atoms with E-state index in [1.54, 1.807) is 6.07 Å². The molecule has 3 aliphatic rings. The fourth-order valence-corrected chi connectivity index (χ4v) is 3.89. The first-order chi connectivity index (χ1) is 7.11. The fraction of sp³-hybridized carbons (Fsp3) is 0.538. The Morgan fingerprint density at radius 3 is 2.60 bits per heavy atom. The van der Waals surface area contributed by atoms with E-state index in [1.165, 1.54) is 5.56 Å². The summed E-state index contributed by atoms with van der Waals surface area (Å²) in [5.41, 5.74) is 2.73. The number of halogens is 2. The van der Waals surface area contributed by atoms with Gasteiger partial charge in [0.05, 0.1) is 0 Å². The van der Waals surface area contributed by atoms with Gasteiger partial charge in [-0.1, -0.05) is 12.1 Å². The van der Waals surface area contributed by atoms with Gasteiger partial charge in [0.2, 0.25) is 0 Å². The van der Waals surface area contributed by atoms with Gasteiger partial charge in [0.15, 0.2) is 0 Å². The van der Waals surface area contributed by atoms with Crippen LogP contribution in [0.1, 0.15) is 30.4 Å². The maximum atomic E-state index is 13.4. The molecule has 0 saturated heterocycles. The summed E-state index contributed by atoms with van der Waals surface area (Å²) in [5, 5.41) is 0. The van der Waals surface area contributed by atoms with Crippen LogP contribution in [0.15, 0.2) is 18.2 Å². The second kappa shape index (κ2) is 2.76. The molecule has 0 unspecified atom stereocenters. The van der Waals surface area contributed by atoms with Gasteiger partial charge in [-0.05, 0) is 54.2 Å². The molecule has 0 heterocycles. The molecule has 80 valence electrons. The molecule has 0 spiro atoms. The van der Waals surface area contributed by atoms with E-state index < -0.39 is 0 Å². The Morgan fingerprint density at radius 1 is 1.33 bits per heavy atom. The van der Waals surface area contributed by atoms with Gasteiger partial charge in [-0.25, -0.2) is 4.39 Å². The summed E-state index contributed by atoms with van der Waals surface area (Å²) in [6, 6.07) is 5.45. The molecule has 4 rings (SSSR count). The van der Waals surface area contributed by atoms with Gasteiger partial charge in [-0.2, -0.15) is 0 Å². The van der Waals surface area contributed by atoms with E-state index in [0.29, 0.717) is 5.41 Å². The Hall–Kier alpha value is -0.560. The topological polar surface area (TPSA) is 0 Å². The number of benzene rings is 1. The van der Waals surface area contributed by atoms with E-state index >= 15 is 0 Å². The van der Waals surface area contributed by atoms with Crippen molar-refractivity contribution in [3.05, 3.63) is 35.1 Å². The third-order valence-corrected chi connectivity index (χ3v) is 4.83. The Balaban J connectivity index is 1.94. The van der Waals surface area contributed by atoms with Crippen LogP contribution in [-0.2, 0) is 5.41 Å². The Kier molecular flexibility index (Phi) is 1.78. The Morgan fingerprint density at radius 2 is 2.00 bits per heavy atom. The van der Waals surface area contributed by atoms with Crippen LogP contribution in [0.2, 0.25) is 0 Å². The molecule has 2 heteroatoms. The van der Waals surface area contributed by atoms with Gasteiger partial charge in [0.25, 0.3) is 0 Å². The minimum Gasteiger partial charge on any atom is -0.207 e. The molecular weight excluding hydrogens is 211 g/mol. The first kappa shape index (κ1) is 9.65. The van der Waals surface area contributed by atoms with E-state index in [4.69, 9.17) is 11.6 Å². The van der Waals surface area contributed by atoms with Crippen LogP contribution in [0, 0.1) is 18.2 Å². The van der Waals surface area contributed by atoms with Crippen molar-refractivity contribution >= 4 is 11.6 Å². The molecule has 0 atom stereocenters. The van der Waals surface area contributed by atoms with Crippen LogP contribution in [0.4, 0.5) is 4.39 Å². The molecule has 3 fully saturated rings. The van der Waals surface area contributed by atoms with E-state index in [1.807, 2.05) is 13.0 Å². The molecule has 0 radical (unpaired) electrons. The lowest BCUT2D eigenvalue weighted by atomic mass is 9.34. The summed E-state index contributed by atoms with van der Waals surface area (Å²) in [4.78, 5) is 0. The highest BCUT2D eigenvalue weighted by molar-refractivity contribution is 6.18. The van der Waals surface area contributed by atoms with Crippen molar-refractivity contribution in [3.8, 4) is 0 Å². The molecule has 15 heavy (non-hydrogen) atoms. The third-order valence-electron chi connectivity index (χ3n) is 4.26. The number of alkyl halides is 1. The zero-order valence-electron chi connectivity index (χ0n) is 8.82. The van der Waals surface area contributed by atoms with Crippen LogP contribution in [0.25, 0.3) is 0 Å². The molecule has 1 aromatic carbocycles. The molecule has 0 N–H and O–H groups in total. The van der Waals surface area contributed by atoms with Gasteiger partial charge in [0.1, 0.15) is 5.82 Å². The lowest BCUT2D eigenvalue weighted by molar-refractivity contribution is -0.122. The zero-order valence-corrected chi connectivity index (χ0v) is 9.57. The summed E-state index contributed by atoms with van der Waals surface area (Å²) in [5.74, 6) is 0.695. The average molecular weight is 225 g/mol. The lowest BCUT2D eigenvalue weighted by Crippen LogP contribution is -2.65. The van der Waals surface area contributed by atoms with E-state index in [2.05, 4.69) is 6.07 Å². The smallest absolute Gasteiger partial charge is 0.126 e. The largest absolute Gasteiger partial charge is 0.207 e. The van der Waals surface area contributed by atoms with Crippen molar-refractivity contribution in [2.75, 3.05) is 5.88 Å². The van der Waals surface area contributed by atoms with Crippen LogP contribution in [0.3, 0.4) is 0 Å². The van der Waals surface area contributed by atoms with Gasteiger partial charge in [-0.3, -0.25) is 0 Å². The number of hydrogen-bond donors (Lipinski definition) is 0. The summed E-state index contributed by atoms with van der Waals surface area (Å²) >= 11 is 5.93. The van der Waals surface area contributed by atoms with Gasteiger partial charge in [0, 0.05) is 5.88 Å². The van der Waals surface area contributed by atoms with E-state index in [-0.39, 0.29) is 11.2 Å². The number of hydrogen-bond acceptors (Lipinski definition) is 0. The molecular formula is C13H14ClF. The van der Waals surface area contributed by atoms with Crippen molar-refractivity contribution in [2.24, 2.45) is 5.41 Å². The van der Waals surface area contributed by atoms with Crippen molar-refractivity contribution in [1.82, 2.24) is 0 Å². The minimum absolute atomic E-state index is 0.0721. The highest BCUT2D eigenvalue weighted by Gasteiger charge is 2.67. The molecule has 0 amide bonds. The molecule has 3 aliphatic carbocycles. The zero-order chi connectivity index (χ0) is 10.7. The Labute approximate surface area is 94.4 Å². The average Bonchev–Trinajstić information content (AvgIpc) is 2.08. The molecule has 0 aromatic heterocycles. The number of rotatable bonds is 2. The molecule has 0 nitrogen and oxygen atoms in total. The van der Waals surface area contributed by atoms with Crippen LogP contribution in [-0.4, -0.2) is 5.88 Å². The van der Waals surface area contributed by atoms with Crippen molar-refractivity contribution in [1.29, 1.82) is 0 Å². The van der Waals surface area contributed by atoms with Crippen LogP contribution >= 0.6 is 11.6 Å². The van der Waals surface area contributed by atoms with Crippen molar-refractivity contribution in [3.63, 3.8) is 0 Å². The van der Waals surface area contributed by atoms with Crippen LogP contribution in [0.5, 0.6) is 0 Å². The highest BCUT2D eigenvalue weighted by Crippen LogP contribution is 2.74. The monoisotopic (exact) mass is 224 g/mol. The van der Waals surface area contributed by atoms with E-state index in [0.717, 1.165) is 30.7 Å². The van der Waals surface area contributed by atoms with E-state index in [9.17, 15) is 4.39 Å². The Bertz CT molecular complexity index is 405. The van der Waals surface area contributed by atoms with Crippen LogP contribution < -0.4 is 0 Å². The third kappa shape index (κ3) is 1.08. The van der Waals surface area contributed by atoms with Crippen molar-refractivity contribution < 1.29 is 4.39 Å². The molecule has 0 aliphatic heterocycles. The van der Waals surface area contributed by atoms with Gasteiger partial charge < -0.3 is 0 Å². The van der Waals surface area contributed by atoms with Gasteiger partial charge in [-0.15, -0.1) is 11.6 Å². The second-order valence-electron chi connectivity index (χ2n) is 5.36. The highest BCUT2D eigenvalue weighted by atomic mass is 35.5. The summed E-state index contributed by atoms with van der Waals surface area (Å²) < 4.78 is 13.4. The maximum Gasteiger partial charge on any atom is 0.126 e. The summed E-state index contributed by atoms with van der Waals surface area (Å²) in [6.45, 7) is 1.89. The minimum atomic E-state index is -0.0721. The van der Waals surface area contributed by atoms with Gasteiger partial charge >= 0.3 is 0 Å². The predicted octanol–water partition coefficient (Wildman–Crippen LogP) is 3.79. The standard InChI is InChI=1S/C13H14ClF/c1-9-10(3-2-4-11(9)15)13-5-12(6-13,7-13)8-14/h2-4H,5-8H2,1H3. The predicted molar refractivity (Wildman–Crippen MR) is 59.8 cm³/mol. The lowest BCUT2D eigenvalue weighted by Gasteiger charge is -2.71. The first-order valence-corrected chi connectivity index (χ1v) is 5.96. The fourth-order valence-electron chi connectivity index (χ4n) is 3.61. The molecule has 3 saturated carbocycles. The first-order valence-electron chi connectivity index (χ1n) is 5.43. The quantitative estimate of drug-likeness (QED) is 0.671. The maximum absolute atomic E-state index is 13.4. The molecule has 2 bridgehead atoms. The SMILES string of the molecule is Cc1c(F)cccc1C12CC(CCl)(C1)C2. The normalized spacial score (nSPS) is 37.0.